The van der Waals surface area contributed by atoms with E-state index < -0.39 is 6.10 Å². The summed E-state index contributed by atoms with van der Waals surface area (Å²) in [4.78, 5) is 14.4. The molecular formula is C16H22ClNO2. The van der Waals surface area contributed by atoms with Crippen molar-refractivity contribution in [1.82, 2.24) is 4.90 Å². The molecule has 0 spiro atoms. The Bertz CT molecular complexity index is 470. The lowest BCUT2D eigenvalue weighted by Gasteiger charge is -2.30. The van der Waals surface area contributed by atoms with Gasteiger partial charge in [-0.25, -0.2) is 0 Å². The van der Waals surface area contributed by atoms with Gasteiger partial charge in [-0.3, -0.25) is 4.79 Å². The average molecular weight is 296 g/mol. The quantitative estimate of drug-likeness (QED) is 0.845. The van der Waals surface area contributed by atoms with Gasteiger partial charge >= 0.3 is 0 Å². The summed E-state index contributed by atoms with van der Waals surface area (Å²) in [7, 11) is 0. The minimum absolute atomic E-state index is 0.111. The highest BCUT2D eigenvalue weighted by Crippen LogP contribution is 2.23. The molecule has 1 aliphatic heterocycles. The van der Waals surface area contributed by atoms with Crippen LogP contribution in [0.3, 0.4) is 0 Å². The van der Waals surface area contributed by atoms with E-state index >= 15 is 0 Å². The highest BCUT2D eigenvalue weighted by molar-refractivity contribution is 6.31. The van der Waals surface area contributed by atoms with Crippen molar-refractivity contribution in [3.63, 3.8) is 0 Å². The maximum Gasteiger partial charge on any atom is 0.263 e. The van der Waals surface area contributed by atoms with Gasteiger partial charge in [0.2, 0.25) is 0 Å². The Balaban J connectivity index is 2.03. The molecular weight excluding hydrogens is 274 g/mol. The van der Waals surface area contributed by atoms with Gasteiger partial charge in [-0.15, -0.1) is 0 Å². The molecule has 0 N–H and O–H groups in total. The van der Waals surface area contributed by atoms with Crippen LogP contribution >= 0.6 is 11.6 Å². The summed E-state index contributed by atoms with van der Waals surface area (Å²) < 4.78 is 5.86. The number of likely N-dealkylation sites (tertiary alicyclic amines) is 1. The van der Waals surface area contributed by atoms with E-state index in [0.717, 1.165) is 31.5 Å². The van der Waals surface area contributed by atoms with Crippen LogP contribution < -0.4 is 4.74 Å². The van der Waals surface area contributed by atoms with E-state index in [1.807, 2.05) is 36.9 Å². The predicted octanol–water partition coefficient (Wildman–Crippen LogP) is 3.82. The normalized spacial score (nSPS) is 16.9. The van der Waals surface area contributed by atoms with Crippen molar-refractivity contribution >= 4 is 17.5 Å². The van der Waals surface area contributed by atoms with Crippen molar-refractivity contribution in [3.8, 4) is 5.75 Å². The van der Waals surface area contributed by atoms with Crippen molar-refractivity contribution in [3.05, 3.63) is 28.8 Å². The van der Waals surface area contributed by atoms with Crippen molar-refractivity contribution in [2.24, 2.45) is 0 Å². The first-order valence-electron chi connectivity index (χ1n) is 7.33. The number of aryl methyl sites for hydroxylation is 1. The fourth-order valence-corrected chi connectivity index (χ4v) is 2.60. The molecule has 2 rings (SSSR count). The largest absolute Gasteiger partial charge is 0.481 e. The van der Waals surface area contributed by atoms with Crippen molar-refractivity contribution in [2.45, 2.75) is 45.6 Å². The zero-order chi connectivity index (χ0) is 14.5. The van der Waals surface area contributed by atoms with Crippen LogP contribution in [0.15, 0.2) is 18.2 Å². The number of halogens is 1. The highest BCUT2D eigenvalue weighted by atomic mass is 35.5. The lowest BCUT2D eigenvalue weighted by molar-refractivity contribution is -0.139. The average Bonchev–Trinajstić information content (AvgIpc) is 2.48. The van der Waals surface area contributed by atoms with Gasteiger partial charge in [0.05, 0.1) is 0 Å². The zero-order valence-electron chi connectivity index (χ0n) is 12.2. The lowest BCUT2D eigenvalue weighted by Crippen LogP contribution is -2.44. The first-order chi connectivity index (χ1) is 9.61. The molecule has 0 saturated carbocycles. The SMILES string of the molecule is CC[C@H](Oc1ccc(Cl)c(C)c1)C(=O)N1CCCCC1. The van der Waals surface area contributed by atoms with Crippen molar-refractivity contribution < 1.29 is 9.53 Å². The number of carbonyl (C=O) groups is 1. The van der Waals surface area contributed by atoms with Gasteiger partial charge in [0.25, 0.3) is 5.91 Å². The monoisotopic (exact) mass is 295 g/mol. The van der Waals surface area contributed by atoms with Gasteiger partial charge in [0.15, 0.2) is 6.10 Å². The summed E-state index contributed by atoms with van der Waals surface area (Å²) in [6.07, 6.45) is 3.70. The number of ether oxygens (including phenoxy) is 1. The molecule has 0 unspecified atom stereocenters. The van der Waals surface area contributed by atoms with Crippen LogP contribution in [0.5, 0.6) is 5.75 Å². The Hall–Kier alpha value is -1.22. The Kier molecular flexibility index (Phi) is 5.30. The van der Waals surface area contributed by atoms with Gasteiger partial charge in [0, 0.05) is 18.1 Å². The second-order valence-corrected chi connectivity index (χ2v) is 5.72. The number of carbonyl (C=O) groups excluding carboxylic acids is 1. The summed E-state index contributed by atoms with van der Waals surface area (Å²) in [5, 5.41) is 0.716. The molecule has 0 aliphatic carbocycles. The molecule has 20 heavy (non-hydrogen) atoms. The molecule has 1 aliphatic rings. The number of nitrogens with zero attached hydrogens (tertiary/aromatic N) is 1. The molecule has 4 heteroatoms. The van der Waals surface area contributed by atoms with E-state index in [9.17, 15) is 4.79 Å². The van der Waals surface area contributed by atoms with Crippen LogP contribution in [0.4, 0.5) is 0 Å². The van der Waals surface area contributed by atoms with Crippen LogP contribution in [-0.4, -0.2) is 30.0 Å². The topological polar surface area (TPSA) is 29.5 Å². The van der Waals surface area contributed by atoms with Crippen molar-refractivity contribution in [2.75, 3.05) is 13.1 Å². The summed E-state index contributed by atoms with van der Waals surface area (Å²) in [5.41, 5.74) is 0.962. The van der Waals surface area contributed by atoms with E-state index in [2.05, 4.69) is 0 Å². The predicted molar refractivity (Wildman–Crippen MR) is 81.3 cm³/mol. The minimum atomic E-state index is -0.395. The molecule has 3 nitrogen and oxygen atoms in total. The van der Waals surface area contributed by atoms with Crippen LogP contribution in [0.2, 0.25) is 5.02 Å². The zero-order valence-corrected chi connectivity index (χ0v) is 12.9. The molecule has 1 aromatic rings. The maximum absolute atomic E-state index is 12.5. The fourth-order valence-electron chi connectivity index (χ4n) is 2.48. The second kappa shape index (κ2) is 6.98. The third-order valence-electron chi connectivity index (χ3n) is 3.72. The number of benzene rings is 1. The van der Waals surface area contributed by atoms with E-state index in [-0.39, 0.29) is 5.91 Å². The summed E-state index contributed by atoms with van der Waals surface area (Å²) in [6, 6.07) is 5.51. The molecule has 1 fully saturated rings. The van der Waals surface area contributed by atoms with Gasteiger partial charge in [-0.05, 0) is 56.4 Å². The van der Waals surface area contributed by atoms with E-state index in [1.165, 1.54) is 6.42 Å². The number of hydrogen-bond donors (Lipinski definition) is 0. The molecule has 0 radical (unpaired) electrons. The van der Waals surface area contributed by atoms with Gasteiger partial charge in [-0.2, -0.15) is 0 Å². The first-order valence-corrected chi connectivity index (χ1v) is 7.71. The molecule has 1 amide bonds. The summed E-state index contributed by atoms with van der Waals surface area (Å²) in [6.45, 7) is 5.63. The fraction of sp³-hybridized carbons (Fsp3) is 0.562. The molecule has 0 aromatic heterocycles. The number of amides is 1. The summed E-state index contributed by atoms with van der Waals surface area (Å²) >= 11 is 6.00. The van der Waals surface area contributed by atoms with E-state index in [1.54, 1.807) is 0 Å². The third kappa shape index (κ3) is 3.66. The number of hydrogen-bond acceptors (Lipinski definition) is 2. The van der Waals surface area contributed by atoms with Gasteiger partial charge < -0.3 is 9.64 Å². The molecule has 1 aromatic carbocycles. The number of rotatable bonds is 4. The van der Waals surface area contributed by atoms with Crippen molar-refractivity contribution in [1.29, 1.82) is 0 Å². The van der Waals surface area contributed by atoms with E-state index in [0.29, 0.717) is 17.2 Å². The van der Waals surface area contributed by atoms with Crippen LogP contribution in [-0.2, 0) is 4.79 Å². The lowest BCUT2D eigenvalue weighted by atomic mass is 10.1. The molecule has 0 bridgehead atoms. The van der Waals surface area contributed by atoms with Crippen LogP contribution in [0, 0.1) is 6.92 Å². The molecule has 1 atom stereocenters. The third-order valence-corrected chi connectivity index (χ3v) is 4.15. The summed E-state index contributed by atoms with van der Waals surface area (Å²) in [5.74, 6) is 0.823. The molecule has 1 saturated heterocycles. The Morgan fingerprint density at radius 2 is 2.05 bits per heavy atom. The Morgan fingerprint density at radius 1 is 1.35 bits per heavy atom. The Morgan fingerprint density at radius 3 is 2.65 bits per heavy atom. The minimum Gasteiger partial charge on any atom is -0.481 e. The van der Waals surface area contributed by atoms with Gasteiger partial charge in [-0.1, -0.05) is 18.5 Å². The van der Waals surface area contributed by atoms with Gasteiger partial charge in [0.1, 0.15) is 5.75 Å². The van der Waals surface area contributed by atoms with E-state index in [4.69, 9.17) is 16.3 Å². The second-order valence-electron chi connectivity index (χ2n) is 5.31. The smallest absolute Gasteiger partial charge is 0.263 e. The highest BCUT2D eigenvalue weighted by Gasteiger charge is 2.25. The first kappa shape index (κ1) is 15.2. The standard InChI is InChI=1S/C16H22ClNO2/c1-3-15(16(19)18-9-5-4-6-10-18)20-13-7-8-14(17)12(2)11-13/h7-8,11,15H,3-6,9-10H2,1-2H3/t15-/m0/s1. The van der Waals surface area contributed by atoms with Crippen LogP contribution in [0.25, 0.3) is 0 Å². The van der Waals surface area contributed by atoms with Crippen LogP contribution in [0.1, 0.15) is 38.2 Å². The molecule has 110 valence electrons. The number of piperidine rings is 1. The maximum atomic E-state index is 12.5. The Labute approximate surface area is 125 Å². The molecule has 1 heterocycles.